The fraction of sp³-hybridized carbons (Fsp3) is 0.182. The van der Waals surface area contributed by atoms with Crippen molar-refractivity contribution in [2.24, 2.45) is 0 Å². The van der Waals surface area contributed by atoms with Crippen LogP contribution in [-0.2, 0) is 0 Å². The first-order chi connectivity index (χ1) is 7.66. The Morgan fingerprint density at radius 2 is 2.31 bits per heavy atom. The topological polar surface area (TPSA) is 46.3 Å². The maximum Gasteiger partial charge on any atom is 0.260 e. The molecule has 0 aliphatic carbocycles. The third kappa shape index (κ3) is 2.66. The number of hydrogen-bond donors (Lipinski definition) is 1. The first-order valence-electron chi connectivity index (χ1n) is 4.71. The van der Waals surface area contributed by atoms with Crippen LogP contribution in [0, 0.1) is 0 Å². The average Bonchev–Trinajstić information content (AvgIpc) is 2.70. The van der Waals surface area contributed by atoms with Gasteiger partial charge in [-0.05, 0) is 36.4 Å². The Labute approximate surface area is 106 Å². The Hall–Kier alpha value is -0.780. The highest BCUT2D eigenvalue weighted by molar-refractivity contribution is 9.10. The fourth-order valence-corrected chi connectivity index (χ4v) is 2.87. The lowest BCUT2D eigenvalue weighted by Crippen LogP contribution is -1.92. The van der Waals surface area contributed by atoms with E-state index in [1.807, 2.05) is 18.2 Å². The molecule has 0 fully saturated rings. The minimum absolute atomic E-state index is 0.477. The van der Waals surface area contributed by atoms with Crippen LogP contribution in [0.3, 0.4) is 0 Å². The van der Waals surface area contributed by atoms with Gasteiger partial charge in [0.05, 0.1) is 12.3 Å². The summed E-state index contributed by atoms with van der Waals surface area (Å²) in [6, 6.07) is 5.76. The summed E-state index contributed by atoms with van der Waals surface area (Å²) in [5.74, 6) is 0. The van der Waals surface area contributed by atoms with E-state index in [4.69, 9.17) is 4.42 Å². The van der Waals surface area contributed by atoms with Gasteiger partial charge in [0.25, 0.3) is 5.22 Å². The van der Waals surface area contributed by atoms with Gasteiger partial charge in [0.1, 0.15) is 6.26 Å². The molecule has 0 aliphatic rings. The third-order valence-corrected chi connectivity index (χ3v) is 3.59. The van der Waals surface area contributed by atoms with Crippen LogP contribution in [0.4, 0.5) is 0 Å². The van der Waals surface area contributed by atoms with Crippen LogP contribution in [-0.4, -0.2) is 10.1 Å². The smallest absolute Gasteiger partial charge is 0.260 e. The molecule has 0 spiro atoms. The zero-order chi connectivity index (χ0) is 11.5. The molecule has 0 saturated heterocycles. The second kappa shape index (κ2) is 5.03. The third-order valence-electron chi connectivity index (χ3n) is 2.04. The molecule has 1 atom stereocenters. The molecule has 0 aliphatic heterocycles. The van der Waals surface area contributed by atoms with E-state index in [0.29, 0.717) is 5.22 Å². The molecule has 2 rings (SSSR count). The number of rotatable bonds is 3. The van der Waals surface area contributed by atoms with E-state index in [1.54, 1.807) is 19.4 Å². The van der Waals surface area contributed by atoms with Crippen molar-refractivity contribution < 1.29 is 9.52 Å². The predicted molar refractivity (Wildman–Crippen MR) is 65.4 cm³/mol. The molecule has 0 saturated carbocycles. The summed E-state index contributed by atoms with van der Waals surface area (Å²) in [7, 11) is 0. The minimum Gasteiger partial charge on any atom is -0.440 e. The van der Waals surface area contributed by atoms with E-state index >= 15 is 0 Å². The average molecular weight is 300 g/mol. The molecule has 84 valence electrons. The van der Waals surface area contributed by atoms with Crippen molar-refractivity contribution >= 4 is 27.7 Å². The number of aromatic nitrogens is 1. The summed E-state index contributed by atoms with van der Waals surface area (Å²) in [4.78, 5) is 5.04. The number of aliphatic hydroxyl groups is 1. The van der Waals surface area contributed by atoms with Crippen LogP contribution in [0.5, 0.6) is 0 Å². The molecule has 5 heteroatoms. The highest BCUT2D eigenvalue weighted by Crippen LogP contribution is 2.31. The van der Waals surface area contributed by atoms with Gasteiger partial charge in [0.15, 0.2) is 0 Å². The molecule has 1 aromatic heterocycles. The normalized spacial score (nSPS) is 12.7. The molecule has 1 N–H and O–H groups in total. The summed E-state index contributed by atoms with van der Waals surface area (Å²) < 4.78 is 6.03. The van der Waals surface area contributed by atoms with Gasteiger partial charge in [-0.2, -0.15) is 0 Å². The molecule has 0 unspecified atom stereocenters. The molecular weight excluding hydrogens is 290 g/mol. The highest BCUT2D eigenvalue weighted by atomic mass is 79.9. The van der Waals surface area contributed by atoms with E-state index in [-0.39, 0.29) is 0 Å². The van der Waals surface area contributed by atoms with Crippen LogP contribution in [0.1, 0.15) is 18.6 Å². The lowest BCUT2D eigenvalue weighted by atomic mass is 10.1. The van der Waals surface area contributed by atoms with Crippen LogP contribution in [0.25, 0.3) is 0 Å². The number of nitrogens with zero attached hydrogens (tertiary/aromatic N) is 1. The van der Waals surface area contributed by atoms with E-state index < -0.39 is 6.10 Å². The minimum atomic E-state index is -0.477. The van der Waals surface area contributed by atoms with Gasteiger partial charge in [-0.15, -0.1) is 0 Å². The van der Waals surface area contributed by atoms with Crippen molar-refractivity contribution in [3.8, 4) is 0 Å². The summed E-state index contributed by atoms with van der Waals surface area (Å²) in [6.07, 6.45) is 2.68. The SMILES string of the molecule is C[C@@H](O)c1ccc(Sc2ncco2)cc1Br. The number of hydrogen-bond acceptors (Lipinski definition) is 4. The Morgan fingerprint density at radius 3 is 2.88 bits per heavy atom. The molecule has 1 heterocycles. The molecule has 2 aromatic rings. The Bertz CT molecular complexity index is 471. The zero-order valence-corrected chi connectivity index (χ0v) is 11.0. The molecule has 3 nitrogen and oxygen atoms in total. The molecule has 0 amide bonds. The lowest BCUT2D eigenvalue weighted by molar-refractivity contribution is 0.198. The van der Waals surface area contributed by atoms with Gasteiger partial charge < -0.3 is 9.52 Å². The maximum absolute atomic E-state index is 9.48. The van der Waals surface area contributed by atoms with E-state index in [0.717, 1.165) is 14.9 Å². The molecular formula is C11H10BrNO2S. The Kier molecular flexibility index (Phi) is 3.68. The Morgan fingerprint density at radius 1 is 1.50 bits per heavy atom. The largest absolute Gasteiger partial charge is 0.440 e. The number of benzene rings is 1. The van der Waals surface area contributed by atoms with E-state index in [1.165, 1.54) is 11.8 Å². The standard InChI is InChI=1S/C11H10BrNO2S/c1-7(14)9-3-2-8(6-10(9)12)16-11-13-4-5-15-11/h2-7,14H,1H3/t7-/m1/s1. The first-order valence-corrected chi connectivity index (χ1v) is 6.32. The maximum atomic E-state index is 9.48. The predicted octanol–water partition coefficient (Wildman–Crippen LogP) is 3.64. The van der Waals surface area contributed by atoms with Gasteiger partial charge >= 0.3 is 0 Å². The van der Waals surface area contributed by atoms with Gasteiger partial charge in [-0.3, -0.25) is 0 Å². The van der Waals surface area contributed by atoms with Crippen LogP contribution >= 0.6 is 27.7 Å². The lowest BCUT2D eigenvalue weighted by Gasteiger charge is -2.08. The monoisotopic (exact) mass is 299 g/mol. The van der Waals surface area contributed by atoms with Crippen LogP contribution < -0.4 is 0 Å². The molecule has 1 aromatic carbocycles. The fourth-order valence-electron chi connectivity index (χ4n) is 1.27. The van der Waals surface area contributed by atoms with Crippen molar-refractivity contribution in [2.75, 3.05) is 0 Å². The van der Waals surface area contributed by atoms with Crippen LogP contribution in [0.15, 0.2) is 49.7 Å². The summed E-state index contributed by atoms with van der Waals surface area (Å²) in [5.41, 5.74) is 0.872. The van der Waals surface area contributed by atoms with Crippen molar-refractivity contribution in [1.29, 1.82) is 0 Å². The molecule has 0 radical (unpaired) electrons. The summed E-state index contributed by atoms with van der Waals surface area (Å²) >= 11 is 4.87. The second-order valence-corrected chi connectivity index (χ2v) is 5.14. The molecule has 0 bridgehead atoms. The zero-order valence-electron chi connectivity index (χ0n) is 8.55. The summed E-state index contributed by atoms with van der Waals surface area (Å²) in [6.45, 7) is 1.74. The number of halogens is 1. The van der Waals surface area contributed by atoms with Crippen molar-refractivity contribution in [3.63, 3.8) is 0 Å². The van der Waals surface area contributed by atoms with Gasteiger partial charge in [0, 0.05) is 9.37 Å². The first kappa shape index (κ1) is 11.7. The number of aliphatic hydroxyl groups excluding tert-OH is 1. The number of oxazole rings is 1. The van der Waals surface area contributed by atoms with E-state index in [9.17, 15) is 5.11 Å². The summed E-state index contributed by atoms with van der Waals surface area (Å²) in [5, 5.41) is 10.1. The van der Waals surface area contributed by atoms with Gasteiger partial charge in [-0.25, -0.2) is 4.98 Å². The highest BCUT2D eigenvalue weighted by Gasteiger charge is 2.08. The molecule has 16 heavy (non-hydrogen) atoms. The van der Waals surface area contributed by atoms with E-state index in [2.05, 4.69) is 20.9 Å². The van der Waals surface area contributed by atoms with Crippen molar-refractivity contribution in [3.05, 3.63) is 40.7 Å². The second-order valence-electron chi connectivity index (χ2n) is 3.26. The van der Waals surface area contributed by atoms with Gasteiger partial charge in [-0.1, -0.05) is 22.0 Å². The van der Waals surface area contributed by atoms with Crippen molar-refractivity contribution in [2.45, 2.75) is 23.1 Å². The quantitative estimate of drug-likeness (QED) is 0.940. The Balaban J connectivity index is 2.21. The van der Waals surface area contributed by atoms with Gasteiger partial charge in [0.2, 0.25) is 0 Å². The van der Waals surface area contributed by atoms with Crippen LogP contribution in [0.2, 0.25) is 0 Å². The van der Waals surface area contributed by atoms with Crippen molar-refractivity contribution in [1.82, 2.24) is 4.98 Å².